The van der Waals surface area contributed by atoms with Gasteiger partial charge in [-0.05, 0) is 37.0 Å². The van der Waals surface area contributed by atoms with Gasteiger partial charge in [-0.25, -0.2) is 4.98 Å². The zero-order valence-electron chi connectivity index (χ0n) is 14.4. The van der Waals surface area contributed by atoms with Crippen molar-refractivity contribution >= 4 is 39.8 Å². The van der Waals surface area contributed by atoms with E-state index in [0.29, 0.717) is 15.7 Å². The van der Waals surface area contributed by atoms with Gasteiger partial charge in [0.15, 0.2) is 16.7 Å². The summed E-state index contributed by atoms with van der Waals surface area (Å²) in [5.74, 6) is -0.180. The van der Waals surface area contributed by atoms with Crippen molar-refractivity contribution in [3.63, 3.8) is 0 Å². The summed E-state index contributed by atoms with van der Waals surface area (Å²) in [6.45, 7) is 0. The number of rotatable bonds is 2. The maximum absolute atomic E-state index is 13.4. The predicted octanol–water partition coefficient (Wildman–Crippen LogP) is 4.30. The first kappa shape index (κ1) is 17.0. The molecule has 2 aromatic rings. The summed E-state index contributed by atoms with van der Waals surface area (Å²) < 4.78 is 6.12. The third kappa shape index (κ3) is 2.62. The Morgan fingerprint density at radius 2 is 1.93 bits per heavy atom. The lowest BCUT2D eigenvalue weighted by atomic mass is 9.77. The first-order valence-electron chi connectivity index (χ1n) is 9.08. The predicted molar refractivity (Wildman–Crippen MR) is 103 cm³/mol. The minimum absolute atomic E-state index is 0.0494. The van der Waals surface area contributed by atoms with Crippen LogP contribution in [0.2, 0.25) is 5.02 Å². The van der Waals surface area contributed by atoms with Gasteiger partial charge in [0.25, 0.3) is 5.91 Å². The minimum atomic E-state index is -0.522. The van der Waals surface area contributed by atoms with Crippen LogP contribution in [0.3, 0.4) is 0 Å². The SMILES string of the molecule is O=C1C2=C(OC3CCCCC13)C(=O)N(c1nccs1)C2c1ccc(Cl)cc1. The molecule has 1 aliphatic carbocycles. The molecule has 27 heavy (non-hydrogen) atoms. The third-order valence-corrected chi connectivity index (χ3v) is 6.60. The van der Waals surface area contributed by atoms with Crippen LogP contribution in [-0.4, -0.2) is 22.8 Å². The first-order valence-corrected chi connectivity index (χ1v) is 10.3. The standard InChI is InChI=1S/C20H17ClN2O3S/c21-12-7-5-11(6-8-12)16-15-17(24)13-3-1-2-4-14(13)26-18(15)19(25)23(16)20-22-9-10-27-20/h5-10,13-14,16H,1-4H2. The molecule has 0 bridgehead atoms. The Kier molecular flexibility index (Phi) is 4.06. The number of ether oxygens (including phenoxy) is 1. The summed E-state index contributed by atoms with van der Waals surface area (Å²) in [5, 5.41) is 2.99. The van der Waals surface area contributed by atoms with Crippen LogP contribution >= 0.6 is 22.9 Å². The normalized spacial score (nSPS) is 27.4. The quantitative estimate of drug-likeness (QED) is 0.754. The molecule has 3 aliphatic rings. The summed E-state index contributed by atoms with van der Waals surface area (Å²) in [6.07, 6.45) is 5.17. The van der Waals surface area contributed by atoms with E-state index in [2.05, 4.69) is 4.98 Å². The topological polar surface area (TPSA) is 59.5 Å². The lowest BCUT2D eigenvalue weighted by Gasteiger charge is -2.35. The van der Waals surface area contributed by atoms with Gasteiger partial charge >= 0.3 is 0 Å². The largest absolute Gasteiger partial charge is 0.483 e. The highest BCUT2D eigenvalue weighted by Crippen LogP contribution is 2.48. The molecule has 5 nitrogen and oxygen atoms in total. The van der Waals surface area contributed by atoms with Crippen molar-refractivity contribution in [3.8, 4) is 0 Å². The van der Waals surface area contributed by atoms with E-state index >= 15 is 0 Å². The molecule has 1 amide bonds. The lowest BCUT2D eigenvalue weighted by molar-refractivity contribution is -0.131. The van der Waals surface area contributed by atoms with E-state index in [4.69, 9.17) is 16.3 Å². The van der Waals surface area contributed by atoms with Crippen LogP contribution in [0.15, 0.2) is 47.2 Å². The Balaban J connectivity index is 1.65. The van der Waals surface area contributed by atoms with Gasteiger partial charge in [0, 0.05) is 16.6 Å². The molecule has 0 spiro atoms. The van der Waals surface area contributed by atoms with Crippen molar-refractivity contribution in [1.82, 2.24) is 4.98 Å². The number of hydrogen-bond acceptors (Lipinski definition) is 5. The summed E-state index contributed by atoms with van der Waals surface area (Å²) in [5.41, 5.74) is 1.31. The number of halogens is 1. The van der Waals surface area contributed by atoms with Gasteiger partial charge in [0.2, 0.25) is 0 Å². The van der Waals surface area contributed by atoms with Gasteiger partial charge in [-0.2, -0.15) is 0 Å². The smallest absolute Gasteiger partial charge is 0.296 e. The van der Waals surface area contributed by atoms with Crippen molar-refractivity contribution in [2.45, 2.75) is 37.8 Å². The number of carbonyl (C=O) groups excluding carboxylic acids is 2. The zero-order chi connectivity index (χ0) is 18.5. The highest BCUT2D eigenvalue weighted by Gasteiger charge is 2.52. The number of amides is 1. The van der Waals surface area contributed by atoms with Gasteiger partial charge in [-0.1, -0.05) is 30.2 Å². The fraction of sp³-hybridized carbons (Fsp3) is 0.350. The van der Waals surface area contributed by atoms with Gasteiger partial charge in [-0.15, -0.1) is 11.3 Å². The Labute approximate surface area is 165 Å². The molecule has 1 fully saturated rings. The maximum Gasteiger partial charge on any atom is 0.296 e. The molecule has 0 radical (unpaired) electrons. The third-order valence-electron chi connectivity index (χ3n) is 5.57. The molecular weight excluding hydrogens is 384 g/mol. The van der Waals surface area contributed by atoms with E-state index < -0.39 is 6.04 Å². The Bertz CT molecular complexity index is 939. The highest BCUT2D eigenvalue weighted by atomic mass is 35.5. The zero-order valence-corrected chi connectivity index (χ0v) is 16.0. The second-order valence-corrected chi connectivity index (χ2v) is 8.41. The molecule has 138 valence electrons. The Hall–Kier alpha value is -2.18. The van der Waals surface area contributed by atoms with Gasteiger partial charge in [-0.3, -0.25) is 14.5 Å². The van der Waals surface area contributed by atoms with E-state index in [1.807, 2.05) is 17.5 Å². The summed E-state index contributed by atoms with van der Waals surface area (Å²) >= 11 is 7.42. The monoisotopic (exact) mass is 400 g/mol. The number of benzene rings is 1. The maximum atomic E-state index is 13.4. The van der Waals surface area contributed by atoms with Crippen LogP contribution in [-0.2, 0) is 14.3 Å². The molecule has 1 aromatic carbocycles. The molecule has 5 rings (SSSR count). The van der Waals surface area contributed by atoms with Crippen LogP contribution in [0.4, 0.5) is 5.13 Å². The Morgan fingerprint density at radius 1 is 1.15 bits per heavy atom. The fourth-order valence-corrected chi connectivity index (χ4v) is 5.13. The first-order chi connectivity index (χ1) is 13.1. The molecule has 1 saturated carbocycles. The molecule has 3 heterocycles. The van der Waals surface area contributed by atoms with Crippen LogP contribution < -0.4 is 4.90 Å². The van der Waals surface area contributed by atoms with E-state index in [9.17, 15) is 9.59 Å². The average molecular weight is 401 g/mol. The number of anilines is 1. The fourth-order valence-electron chi connectivity index (χ4n) is 4.34. The van der Waals surface area contributed by atoms with Crippen molar-refractivity contribution in [1.29, 1.82) is 0 Å². The van der Waals surface area contributed by atoms with Crippen LogP contribution in [0.25, 0.3) is 0 Å². The number of nitrogens with zero attached hydrogens (tertiary/aromatic N) is 2. The second kappa shape index (κ2) is 6.46. The molecule has 3 unspecified atom stereocenters. The van der Waals surface area contributed by atoms with Crippen molar-refractivity contribution in [2.75, 3.05) is 4.90 Å². The molecule has 1 aromatic heterocycles. The number of aromatic nitrogens is 1. The van der Waals surface area contributed by atoms with Crippen LogP contribution in [0.1, 0.15) is 37.3 Å². The summed E-state index contributed by atoms with van der Waals surface area (Å²) in [6, 6.07) is 6.75. The average Bonchev–Trinajstić information content (AvgIpc) is 3.30. The van der Waals surface area contributed by atoms with E-state index in [1.165, 1.54) is 11.3 Å². The number of carbonyl (C=O) groups is 2. The van der Waals surface area contributed by atoms with Crippen molar-refractivity contribution in [2.24, 2.45) is 5.92 Å². The van der Waals surface area contributed by atoms with Gasteiger partial charge in [0.05, 0.1) is 17.5 Å². The molecular formula is C20H17ClN2O3S. The van der Waals surface area contributed by atoms with Gasteiger partial charge in [0.1, 0.15) is 6.10 Å². The van der Waals surface area contributed by atoms with E-state index in [0.717, 1.165) is 31.2 Å². The molecule has 0 N–H and O–H groups in total. The molecule has 2 aliphatic heterocycles. The number of ketones is 1. The number of fused-ring (bicyclic) bond motifs is 1. The minimum Gasteiger partial charge on any atom is -0.483 e. The van der Waals surface area contributed by atoms with Crippen LogP contribution in [0.5, 0.6) is 0 Å². The van der Waals surface area contributed by atoms with E-state index in [1.54, 1.807) is 23.2 Å². The second-order valence-electron chi connectivity index (χ2n) is 7.10. The van der Waals surface area contributed by atoms with Gasteiger partial charge < -0.3 is 4.74 Å². The van der Waals surface area contributed by atoms with Crippen molar-refractivity contribution < 1.29 is 14.3 Å². The molecule has 3 atom stereocenters. The highest BCUT2D eigenvalue weighted by molar-refractivity contribution is 7.13. The lowest BCUT2D eigenvalue weighted by Crippen LogP contribution is -2.39. The molecule has 0 saturated heterocycles. The summed E-state index contributed by atoms with van der Waals surface area (Å²) in [4.78, 5) is 32.5. The number of Topliss-reactive ketones (excluding diaryl/α,β-unsaturated/α-hetero) is 1. The number of hydrogen-bond donors (Lipinski definition) is 0. The van der Waals surface area contributed by atoms with Crippen LogP contribution in [0, 0.1) is 5.92 Å². The van der Waals surface area contributed by atoms with E-state index in [-0.39, 0.29) is 29.5 Å². The number of thiazole rings is 1. The molecule has 7 heteroatoms. The van der Waals surface area contributed by atoms with Crippen molar-refractivity contribution in [3.05, 3.63) is 57.8 Å². The Morgan fingerprint density at radius 3 is 2.67 bits per heavy atom. The summed E-state index contributed by atoms with van der Waals surface area (Å²) in [7, 11) is 0.